The molecule has 1 aliphatic rings. The number of hydrogen-bond donors (Lipinski definition) is 0. The van der Waals surface area contributed by atoms with Crippen molar-refractivity contribution in [1.82, 2.24) is 4.90 Å². The number of rotatable bonds is 8. The molecule has 4 aromatic rings. The molecule has 170 valence electrons. The van der Waals surface area contributed by atoms with Gasteiger partial charge in [-0.3, -0.25) is 4.90 Å². The van der Waals surface area contributed by atoms with Crippen LogP contribution in [-0.4, -0.2) is 23.0 Å². The first kappa shape index (κ1) is 22.1. The predicted octanol–water partition coefficient (Wildman–Crippen LogP) is 6.38. The van der Waals surface area contributed by atoms with Crippen molar-refractivity contribution in [3.05, 3.63) is 144 Å². The van der Waals surface area contributed by atoms with Gasteiger partial charge in [0, 0.05) is 6.42 Å². The van der Waals surface area contributed by atoms with Crippen LogP contribution in [0.1, 0.15) is 41.3 Å². The first-order valence-electron chi connectivity index (χ1n) is 11.9. The van der Waals surface area contributed by atoms with Gasteiger partial charge in [-0.1, -0.05) is 121 Å². The molecule has 1 heterocycles. The quantitative estimate of drug-likeness (QED) is 0.232. The van der Waals surface area contributed by atoms with Crippen LogP contribution in [-0.2, 0) is 16.0 Å². The molecule has 3 nitrogen and oxygen atoms in total. The molecule has 3 atom stereocenters. The summed E-state index contributed by atoms with van der Waals surface area (Å²) in [6, 6.07) is 41.4. The Bertz CT molecular complexity index is 1170. The number of ether oxygens (including phenoxy) is 1. The fraction of sp³-hybridized carbons (Fsp3) is 0.194. The third-order valence-corrected chi connectivity index (χ3v) is 6.69. The Balaban J connectivity index is 1.69. The Labute approximate surface area is 201 Å². The summed E-state index contributed by atoms with van der Waals surface area (Å²) in [5, 5.41) is 0. The highest BCUT2D eigenvalue weighted by atomic mass is 16.5. The minimum Gasteiger partial charge on any atom is -0.465 e. The molecule has 5 rings (SSSR count). The van der Waals surface area contributed by atoms with E-state index in [1.54, 1.807) is 0 Å². The van der Waals surface area contributed by atoms with E-state index in [-0.39, 0.29) is 18.1 Å². The van der Waals surface area contributed by atoms with E-state index in [0.717, 1.165) is 22.3 Å². The molecule has 0 saturated carbocycles. The maximum absolute atomic E-state index is 13.8. The molecule has 0 aliphatic carbocycles. The van der Waals surface area contributed by atoms with E-state index in [9.17, 15) is 4.79 Å². The standard InChI is InChI=1S/C31H29NO2/c1-2-34-30(33)31(23-24-15-7-3-8-16-24)29(27-21-13-6-14-22-27)32(31)28(25-17-9-4-10-18-25)26-19-11-5-12-20-26/h3-22,28-29H,2,23H2,1H3/t29-,31-,32?/m1/s1. The van der Waals surface area contributed by atoms with Crippen molar-refractivity contribution in [3.63, 3.8) is 0 Å². The third kappa shape index (κ3) is 4.04. The van der Waals surface area contributed by atoms with Gasteiger partial charge >= 0.3 is 5.97 Å². The van der Waals surface area contributed by atoms with Gasteiger partial charge in [0.2, 0.25) is 0 Å². The summed E-state index contributed by atoms with van der Waals surface area (Å²) in [5.41, 5.74) is 3.78. The number of hydrogen-bond acceptors (Lipinski definition) is 3. The van der Waals surface area contributed by atoms with Gasteiger partial charge in [-0.15, -0.1) is 0 Å². The zero-order chi connectivity index (χ0) is 23.4. The lowest BCUT2D eigenvalue weighted by Gasteiger charge is -2.25. The lowest BCUT2D eigenvalue weighted by atomic mass is 9.91. The van der Waals surface area contributed by atoms with Crippen LogP contribution in [0, 0.1) is 0 Å². The summed E-state index contributed by atoms with van der Waals surface area (Å²) in [5.74, 6) is -0.162. The van der Waals surface area contributed by atoms with Gasteiger partial charge in [-0.25, -0.2) is 4.79 Å². The average molecular weight is 448 g/mol. The van der Waals surface area contributed by atoms with Crippen molar-refractivity contribution in [1.29, 1.82) is 0 Å². The number of esters is 1. The largest absolute Gasteiger partial charge is 0.465 e. The number of nitrogens with zero attached hydrogens (tertiary/aromatic N) is 1. The van der Waals surface area contributed by atoms with E-state index in [1.807, 2.05) is 55.5 Å². The number of carbonyl (C=O) groups excluding carboxylic acids is 1. The zero-order valence-electron chi connectivity index (χ0n) is 19.4. The van der Waals surface area contributed by atoms with E-state index in [4.69, 9.17) is 4.74 Å². The van der Waals surface area contributed by atoms with Crippen LogP contribution in [0.25, 0.3) is 0 Å². The molecule has 0 aromatic heterocycles. The predicted molar refractivity (Wildman–Crippen MR) is 135 cm³/mol. The molecule has 0 N–H and O–H groups in total. The molecule has 3 heteroatoms. The summed E-state index contributed by atoms with van der Waals surface area (Å²) < 4.78 is 5.76. The lowest BCUT2D eigenvalue weighted by molar-refractivity contribution is -0.148. The molecule has 1 fully saturated rings. The van der Waals surface area contributed by atoms with Crippen LogP contribution in [0.3, 0.4) is 0 Å². The topological polar surface area (TPSA) is 29.3 Å². The van der Waals surface area contributed by atoms with Gasteiger partial charge < -0.3 is 4.74 Å². The fourth-order valence-electron chi connectivity index (χ4n) is 5.23. The van der Waals surface area contributed by atoms with Crippen LogP contribution in [0.2, 0.25) is 0 Å². The number of carbonyl (C=O) groups is 1. The van der Waals surface area contributed by atoms with Gasteiger partial charge in [-0.2, -0.15) is 0 Å². The van der Waals surface area contributed by atoms with E-state index < -0.39 is 5.54 Å². The van der Waals surface area contributed by atoms with Crippen LogP contribution in [0.4, 0.5) is 0 Å². The van der Waals surface area contributed by atoms with Gasteiger partial charge in [0.1, 0.15) is 5.54 Å². The maximum Gasteiger partial charge on any atom is 0.328 e. The van der Waals surface area contributed by atoms with Crippen molar-refractivity contribution in [2.75, 3.05) is 6.61 Å². The Morgan fingerprint density at radius 1 is 0.765 bits per heavy atom. The van der Waals surface area contributed by atoms with Gasteiger partial charge in [-0.05, 0) is 29.2 Å². The molecular weight excluding hydrogens is 418 g/mol. The van der Waals surface area contributed by atoms with E-state index in [1.165, 1.54) is 0 Å². The highest BCUT2D eigenvalue weighted by molar-refractivity contribution is 5.87. The highest BCUT2D eigenvalue weighted by Gasteiger charge is 2.71. The Kier molecular flexibility index (Phi) is 6.29. The minimum absolute atomic E-state index is 0.0827. The summed E-state index contributed by atoms with van der Waals surface area (Å²) in [4.78, 5) is 16.2. The summed E-state index contributed by atoms with van der Waals surface area (Å²) in [6.45, 7) is 2.23. The van der Waals surface area contributed by atoms with Gasteiger partial charge in [0.15, 0.2) is 0 Å². The molecule has 1 saturated heterocycles. The monoisotopic (exact) mass is 447 g/mol. The van der Waals surface area contributed by atoms with E-state index in [2.05, 4.69) is 77.7 Å². The second-order valence-electron chi connectivity index (χ2n) is 8.75. The zero-order valence-corrected chi connectivity index (χ0v) is 19.4. The third-order valence-electron chi connectivity index (χ3n) is 6.69. The normalized spacial score (nSPS) is 21.2. The molecule has 1 aliphatic heterocycles. The first-order valence-corrected chi connectivity index (χ1v) is 11.9. The SMILES string of the molecule is CCOC(=O)[C@@]1(Cc2ccccc2)[C@@H](c2ccccc2)N1C(c1ccccc1)c1ccccc1. The second kappa shape index (κ2) is 9.66. The Morgan fingerprint density at radius 2 is 1.24 bits per heavy atom. The van der Waals surface area contributed by atoms with Crippen LogP contribution in [0.15, 0.2) is 121 Å². The van der Waals surface area contributed by atoms with Crippen molar-refractivity contribution in [2.45, 2.75) is 31.0 Å². The van der Waals surface area contributed by atoms with Gasteiger partial charge in [0.25, 0.3) is 0 Å². The second-order valence-corrected chi connectivity index (χ2v) is 8.75. The summed E-state index contributed by atoms with van der Waals surface area (Å²) >= 11 is 0. The molecule has 0 amide bonds. The van der Waals surface area contributed by atoms with E-state index in [0.29, 0.717) is 13.0 Å². The molecule has 0 bridgehead atoms. The molecule has 0 spiro atoms. The van der Waals surface area contributed by atoms with Gasteiger partial charge in [0.05, 0.1) is 18.7 Å². The summed E-state index contributed by atoms with van der Waals surface area (Å²) in [6.07, 6.45) is 0.586. The maximum atomic E-state index is 13.8. The van der Waals surface area contributed by atoms with Crippen molar-refractivity contribution in [3.8, 4) is 0 Å². The van der Waals surface area contributed by atoms with Crippen molar-refractivity contribution >= 4 is 5.97 Å². The molecule has 34 heavy (non-hydrogen) atoms. The highest BCUT2D eigenvalue weighted by Crippen LogP contribution is 2.61. The number of benzene rings is 4. The Hall–Kier alpha value is -3.69. The van der Waals surface area contributed by atoms with Crippen LogP contribution >= 0.6 is 0 Å². The molecule has 1 unspecified atom stereocenters. The summed E-state index contributed by atoms with van der Waals surface area (Å²) in [7, 11) is 0. The molecule has 4 aromatic carbocycles. The Morgan fingerprint density at radius 3 is 1.74 bits per heavy atom. The lowest BCUT2D eigenvalue weighted by Crippen LogP contribution is -2.36. The van der Waals surface area contributed by atoms with Crippen LogP contribution in [0.5, 0.6) is 0 Å². The molecular formula is C31H29NO2. The smallest absolute Gasteiger partial charge is 0.328 e. The van der Waals surface area contributed by atoms with Crippen LogP contribution < -0.4 is 0 Å². The van der Waals surface area contributed by atoms with Crippen molar-refractivity contribution in [2.24, 2.45) is 0 Å². The molecule has 0 radical (unpaired) electrons. The van der Waals surface area contributed by atoms with Crippen molar-refractivity contribution < 1.29 is 9.53 Å². The fourth-order valence-corrected chi connectivity index (χ4v) is 5.23. The van der Waals surface area contributed by atoms with E-state index >= 15 is 0 Å². The average Bonchev–Trinajstić information content (AvgIpc) is 3.55. The minimum atomic E-state index is -0.797. The first-order chi connectivity index (χ1) is 16.8.